The first kappa shape index (κ1) is 20.5. The second-order valence-electron chi connectivity index (χ2n) is 6.53. The number of ether oxygens (including phenoxy) is 1. The van der Waals surface area contributed by atoms with Crippen molar-refractivity contribution in [3.63, 3.8) is 0 Å². The summed E-state index contributed by atoms with van der Waals surface area (Å²) in [6.07, 6.45) is 3.72. The number of anilines is 1. The number of nitrogens with zero attached hydrogens (tertiary/aromatic N) is 2. The summed E-state index contributed by atoms with van der Waals surface area (Å²) >= 11 is 5.47. The number of thiocarbonyl (C=S) groups is 1. The lowest BCUT2D eigenvalue weighted by molar-refractivity contribution is 0.0526. The van der Waals surface area contributed by atoms with Gasteiger partial charge in [0.15, 0.2) is 5.11 Å². The van der Waals surface area contributed by atoms with Gasteiger partial charge in [-0.05, 0) is 62.3 Å². The average Bonchev–Trinajstić information content (AvgIpc) is 3.14. The number of aryl methyl sites for hydroxylation is 2. The molecule has 0 bridgehead atoms. The van der Waals surface area contributed by atoms with E-state index in [9.17, 15) is 4.79 Å². The SMILES string of the molecule is CCOC(=O)c1ccc(C)c(NC(=S)NCc2ccccc2-n2ccnc2C)c1. The molecular formula is C22H24N4O2S. The largest absolute Gasteiger partial charge is 0.462 e. The fraction of sp³-hybridized carbons (Fsp3) is 0.227. The van der Waals surface area contributed by atoms with Gasteiger partial charge in [0, 0.05) is 24.6 Å². The predicted octanol–water partition coefficient (Wildman–Crippen LogP) is 4.15. The van der Waals surface area contributed by atoms with Crippen LogP contribution in [0.15, 0.2) is 54.9 Å². The molecule has 3 rings (SSSR count). The molecule has 0 amide bonds. The normalized spacial score (nSPS) is 10.4. The Morgan fingerprint density at radius 1 is 1.21 bits per heavy atom. The van der Waals surface area contributed by atoms with Gasteiger partial charge < -0.3 is 19.9 Å². The number of esters is 1. The van der Waals surface area contributed by atoms with Gasteiger partial charge in [0.1, 0.15) is 5.82 Å². The zero-order valence-corrected chi connectivity index (χ0v) is 17.5. The monoisotopic (exact) mass is 408 g/mol. The zero-order chi connectivity index (χ0) is 20.8. The van der Waals surface area contributed by atoms with E-state index in [-0.39, 0.29) is 5.97 Å². The Morgan fingerprint density at radius 2 is 2.00 bits per heavy atom. The van der Waals surface area contributed by atoms with Gasteiger partial charge >= 0.3 is 5.97 Å². The van der Waals surface area contributed by atoms with Crippen LogP contribution in [0.1, 0.15) is 34.2 Å². The summed E-state index contributed by atoms with van der Waals surface area (Å²) in [5.41, 5.74) is 4.39. The first-order chi connectivity index (χ1) is 14.0. The van der Waals surface area contributed by atoms with Crippen LogP contribution in [0.5, 0.6) is 0 Å². The molecule has 0 unspecified atom stereocenters. The van der Waals surface area contributed by atoms with Gasteiger partial charge in [-0.1, -0.05) is 24.3 Å². The van der Waals surface area contributed by atoms with E-state index in [1.165, 1.54) is 0 Å². The van der Waals surface area contributed by atoms with Crippen LogP contribution in [0.4, 0.5) is 5.69 Å². The summed E-state index contributed by atoms with van der Waals surface area (Å²) in [5.74, 6) is 0.573. The van der Waals surface area contributed by atoms with Crippen molar-refractivity contribution in [3.05, 3.63) is 77.4 Å². The highest BCUT2D eigenvalue weighted by Crippen LogP contribution is 2.19. The van der Waals surface area contributed by atoms with Crippen molar-refractivity contribution in [2.45, 2.75) is 27.3 Å². The molecule has 1 aromatic heterocycles. The minimum atomic E-state index is -0.348. The molecule has 0 aliphatic rings. The minimum absolute atomic E-state index is 0.339. The molecule has 0 spiro atoms. The fourth-order valence-electron chi connectivity index (χ4n) is 2.97. The maximum atomic E-state index is 12.0. The molecule has 3 aromatic rings. The molecule has 7 heteroatoms. The number of carbonyl (C=O) groups is 1. The molecule has 150 valence electrons. The summed E-state index contributed by atoms with van der Waals surface area (Å²) in [7, 11) is 0. The van der Waals surface area contributed by atoms with Gasteiger partial charge in [-0.3, -0.25) is 0 Å². The molecule has 0 radical (unpaired) electrons. The predicted molar refractivity (Wildman–Crippen MR) is 118 cm³/mol. The third-order valence-electron chi connectivity index (χ3n) is 4.51. The third kappa shape index (κ3) is 5.00. The molecule has 6 nitrogen and oxygen atoms in total. The van der Waals surface area contributed by atoms with Crippen molar-refractivity contribution >= 4 is 29.0 Å². The standard InChI is InChI=1S/C22H24N4O2S/c1-4-28-21(27)17-10-9-15(2)19(13-17)25-22(29)24-14-18-7-5-6-8-20(18)26-12-11-23-16(26)3/h5-13H,4,14H2,1-3H3,(H2,24,25,29). The summed E-state index contributed by atoms with van der Waals surface area (Å²) in [6.45, 7) is 6.60. The highest BCUT2D eigenvalue weighted by Gasteiger charge is 2.11. The molecular weight excluding hydrogens is 384 g/mol. The Bertz CT molecular complexity index is 1030. The van der Waals surface area contributed by atoms with Crippen LogP contribution < -0.4 is 10.6 Å². The van der Waals surface area contributed by atoms with Crippen molar-refractivity contribution in [3.8, 4) is 5.69 Å². The van der Waals surface area contributed by atoms with Crippen molar-refractivity contribution in [2.75, 3.05) is 11.9 Å². The van der Waals surface area contributed by atoms with E-state index in [4.69, 9.17) is 17.0 Å². The summed E-state index contributed by atoms with van der Waals surface area (Å²) in [6, 6.07) is 13.5. The van der Waals surface area contributed by atoms with E-state index in [1.54, 1.807) is 25.3 Å². The fourth-order valence-corrected chi connectivity index (χ4v) is 3.15. The molecule has 2 N–H and O–H groups in total. The van der Waals surface area contributed by atoms with E-state index in [0.29, 0.717) is 23.8 Å². The summed E-state index contributed by atoms with van der Waals surface area (Å²) < 4.78 is 7.11. The number of hydrogen-bond donors (Lipinski definition) is 2. The lowest BCUT2D eigenvalue weighted by Crippen LogP contribution is -2.28. The van der Waals surface area contributed by atoms with Crippen molar-refractivity contribution in [2.24, 2.45) is 0 Å². The molecule has 0 saturated carbocycles. The molecule has 0 atom stereocenters. The highest BCUT2D eigenvalue weighted by molar-refractivity contribution is 7.80. The molecule has 29 heavy (non-hydrogen) atoms. The van der Waals surface area contributed by atoms with E-state index in [0.717, 1.165) is 28.3 Å². The third-order valence-corrected chi connectivity index (χ3v) is 4.76. The van der Waals surface area contributed by atoms with Crippen molar-refractivity contribution in [1.82, 2.24) is 14.9 Å². The first-order valence-electron chi connectivity index (χ1n) is 9.40. The lowest BCUT2D eigenvalue weighted by atomic mass is 10.1. The number of para-hydroxylation sites is 1. The Kier molecular flexibility index (Phi) is 6.61. The average molecular weight is 409 g/mol. The summed E-state index contributed by atoms with van der Waals surface area (Å²) in [4.78, 5) is 16.3. The molecule has 0 fully saturated rings. The van der Waals surface area contributed by atoms with E-state index >= 15 is 0 Å². The molecule has 2 aromatic carbocycles. The van der Waals surface area contributed by atoms with Crippen LogP contribution in [0, 0.1) is 13.8 Å². The molecule has 0 saturated heterocycles. The van der Waals surface area contributed by atoms with Gasteiger partial charge in [-0.15, -0.1) is 0 Å². The Labute approximate surface area is 175 Å². The second kappa shape index (κ2) is 9.34. The van der Waals surface area contributed by atoms with E-state index in [2.05, 4.69) is 27.8 Å². The molecule has 0 aliphatic heterocycles. The lowest BCUT2D eigenvalue weighted by Gasteiger charge is -2.16. The number of imidazole rings is 1. The van der Waals surface area contributed by atoms with Crippen molar-refractivity contribution < 1.29 is 9.53 Å². The number of carbonyl (C=O) groups excluding carboxylic acids is 1. The number of benzene rings is 2. The van der Waals surface area contributed by atoms with E-state index in [1.807, 2.05) is 42.8 Å². The van der Waals surface area contributed by atoms with Crippen LogP contribution in [0.3, 0.4) is 0 Å². The number of nitrogens with one attached hydrogen (secondary N) is 2. The van der Waals surface area contributed by atoms with Gasteiger partial charge in [-0.25, -0.2) is 9.78 Å². The quantitative estimate of drug-likeness (QED) is 0.472. The Morgan fingerprint density at radius 3 is 2.72 bits per heavy atom. The highest BCUT2D eigenvalue weighted by atomic mass is 32.1. The molecule has 0 aliphatic carbocycles. The van der Waals surface area contributed by atoms with Gasteiger partial charge in [-0.2, -0.15) is 0 Å². The summed E-state index contributed by atoms with van der Waals surface area (Å²) in [5, 5.41) is 6.90. The van der Waals surface area contributed by atoms with Crippen molar-refractivity contribution in [1.29, 1.82) is 0 Å². The van der Waals surface area contributed by atoms with E-state index < -0.39 is 0 Å². The van der Waals surface area contributed by atoms with Gasteiger partial charge in [0.05, 0.1) is 17.9 Å². The number of rotatable bonds is 6. The number of aromatic nitrogens is 2. The van der Waals surface area contributed by atoms with Crippen LogP contribution >= 0.6 is 12.2 Å². The maximum absolute atomic E-state index is 12.0. The van der Waals surface area contributed by atoms with Crippen LogP contribution in [0.2, 0.25) is 0 Å². The first-order valence-corrected chi connectivity index (χ1v) is 9.81. The Balaban J connectivity index is 1.70. The number of hydrogen-bond acceptors (Lipinski definition) is 4. The van der Waals surface area contributed by atoms with Gasteiger partial charge in [0.25, 0.3) is 0 Å². The van der Waals surface area contributed by atoms with Crippen LogP contribution in [0.25, 0.3) is 5.69 Å². The minimum Gasteiger partial charge on any atom is -0.462 e. The second-order valence-corrected chi connectivity index (χ2v) is 6.94. The van der Waals surface area contributed by atoms with Crippen LogP contribution in [-0.2, 0) is 11.3 Å². The zero-order valence-electron chi connectivity index (χ0n) is 16.7. The molecule has 1 heterocycles. The van der Waals surface area contributed by atoms with Crippen LogP contribution in [-0.4, -0.2) is 27.2 Å². The topological polar surface area (TPSA) is 68.2 Å². The maximum Gasteiger partial charge on any atom is 0.338 e. The van der Waals surface area contributed by atoms with Gasteiger partial charge in [0.2, 0.25) is 0 Å². The smallest absolute Gasteiger partial charge is 0.338 e. The Hall–Kier alpha value is -3.19.